The first kappa shape index (κ1) is 20.3. The van der Waals surface area contributed by atoms with E-state index in [9.17, 15) is 5.11 Å². The molecule has 0 amide bonds. The molecule has 5 atom stereocenters. The van der Waals surface area contributed by atoms with Crippen LogP contribution in [-0.4, -0.2) is 56.5 Å². The van der Waals surface area contributed by atoms with Gasteiger partial charge >= 0.3 is 7.12 Å². The molecule has 7 heteroatoms. The number of ether oxygens (including phenoxy) is 3. The Morgan fingerprint density at radius 1 is 1.03 bits per heavy atom. The van der Waals surface area contributed by atoms with E-state index >= 15 is 0 Å². The van der Waals surface area contributed by atoms with Gasteiger partial charge in [0, 0.05) is 5.56 Å². The van der Waals surface area contributed by atoms with E-state index in [4.69, 9.17) is 23.5 Å². The molecule has 4 rings (SSSR count). The number of rotatable bonds is 6. The highest BCUT2D eigenvalue weighted by molar-refractivity contribution is 6.61. The van der Waals surface area contributed by atoms with Crippen LogP contribution in [0.25, 0.3) is 0 Å². The van der Waals surface area contributed by atoms with E-state index in [2.05, 4.69) is 6.58 Å². The number of aliphatic hydroxyl groups is 1. The van der Waals surface area contributed by atoms with Crippen molar-refractivity contribution in [2.45, 2.75) is 30.7 Å². The van der Waals surface area contributed by atoms with Gasteiger partial charge in [0.1, 0.15) is 18.3 Å². The predicted molar refractivity (Wildman–Crippen MR) is 109 cm³/mol. The van der Waals surface area contributed by atoms with Crippen molar-refractivity contribution in [2.24, 2.45) is 0 Å². The monoisotopic (exact) mass is 396 g/mol. The Kier molecular flexibility index (Phi) is 6.76. The van der Waals surface area contributed by atoms with Gasteiger partial charge in [-0.25, -0.2) is 0 Å². The molecule has 0 spiro atoms. The van der Waals surface area contributed by atoms with Crippen molar-refractivity contribution >= 4 is 12.6 Å². The van der Waals surface area contributed by atoms with E-state index in [0.29, 0.717) is 13.2 Å². The highest BCUT2D eigenvalue weighted by Gasteiger charge is 2.40. The summed E-state index contributed by atoms with van der Waals surface area (Å²) in [5.74, 6) is 0. The lowest BCUT2D eigenvalue weighted by Gasteiger charge is -2.40. The standard InChI is InChI=1S/C22H25BO6/c1-2-18-21(15-26-23(29-18)17-11-7-4-8-12-17)27-20-14-25-22(28-19(20)13-24)16-9-5-3-6-10-16/h2-12,18-22,24H,1,13-15H2/t18-,19+,20-,21+,22?/m1/s1. The summed E-state index contributed by atoms with van der Waals surface area (Å²) in [5.41, 5.74) is 1.85. The molecular formula is C22H25BO6. The molecule has 29 heavy (non-hydrogen) atoms. The molecule has 2 aromatic carbocycles. The van der Waals surface area contributed by atoms with Gasteiger partial charge < -0.3 is 28.6 Å². The number of benzene rings is 2. The van der Waals surface area contributed by atoms with E-state index in [1.165, 1.54) is 0 Å². The minimum absolute atomic E-state index is 0.169. The fourth-order valence-electron chi connectivity index (χ4n) is 3.53. The van der Waals surface area contributed by atoms with Crippen LogP contribution in [0.4, 0.5) is 0 Å². The maximum absolute atomic E-state index is 9.83. The Bertz CT molecular complexity index is 773. The molecule has 0 aromatic heterocycles. The summed E-state index contributed by atoms with van der Waals surface area (Å²) in [7, 11) is -0.464. The molecule has 1 N–H and O–H groups in total. The Morgan fingerprint density at radius 3 is 2.45 bits per heavy atom. The van der Waals surface area contributed by atoms with Crippen molar-refractivity contribution in [1.29, 1.82) is 0 Å². The molecule has 152 valence electrons. The fourth-order valence-corrected chi connectivity index (χ4v) is 3.53. The molecule has 0 bridgehead atoms. The van der Waals surface area contributed by atoms with E-state index in [1.54, 1.807) is 6.08 Å². The molecule has 2 saturated heterocycles. The van der Waals surface area contributed by atoms with Crippen molar-refractivity contribution in [1.82, 2.24) is 0 Å². The summed E-state index contributed by atoms with van der Waals surface area (Å²) in [6.07, 6.45) is -0.468. The van der Waals surface area contributed by atoms with Crippen LogP contribution in [-0.2, 0) is 23.5 Å². The third-order valence-electron chi connectivity index (χ3n) is 5.09. The molecule has 2 heterocycles. The highest BCUT2D eigenvalue weighted by atomic mass is 16.7. The average molecular weight is 396 g/mol. The number of aliphatic hydroxyl groups excluding tert-OH is 1. The van der Waals surface area contributed by atoms with E-state index in [0.717, 1.165) is 11.0 Å². The van der Waals surface area contributed by atoms with Crippen molar-refractivity contribution in [3.63, 3.8) is 0 Å². The molecule has 0 aliphatic carbocycles. The zero-order chi connectivity index (χ0) is 20.1. The number of hydrogen-bond acceptors (Lipinski definition) is 6. The average Bonchev–Trinajstić information content (AvgIpc) is 2.80. The largest absolute Gasteiger partial charge is 0.494 e. The first-order valence-corrected chi connectivity index (χ1v) is 9.81. The molecular weight excluding hydrogens is 371 g/mol. The van der Waals surface area contributed by atoms with Crippen LogP contribution < -0.4 is 5.46 Å². The summed E-state index contributed by atoms with van der Waals surface area (Å²) >= 11 is 0. The summed E-state index contributed by atoms with van der Waals surface area (Å²) < 4.78 is 29.8. The van der Waals surface area contributed by atoms with Crippen LogP contribution in [0, 0.1) is 0 Å². The molecule has 2 fully saturated rings. The smallest absolute Gasteiger partial charge is 0.404 e. The Balaban J connectivity index is 1.37. The van der Waals surface area contributed by atoms with Crippen LogP contribution in [0.15, 0.2) is 73.3 Å². The maximum atomic E-state index is 9.83. The normalized spacial score (nSPS) is 30.1. The van der Waals surface area contributed by atoms with Gasteiger partial charge in [-0.15, -0.1) is 6.58 Å². The first-order valence-electron chi connectivity index (χ1n) is 9.81. The Morgan fingerprint density at radius 2 is 1.76 bits per heavy atom. The van der Waals surface area contributed by atoms with Crippen LogP contribution in [0.2, 0.25) is 0 Å². The van der Waals surface area contributed by atoms with Gasteiger partial charge in [-0.1, -0.05) is 66.7 Å². The zero-order valence-corrected chi connectivity index (χ0v) is 16.1. The molecule has 0 saturated carbocycles. The third-order valence-corrected chi connectivity index (χ3v) is 5.09. The minimum atomic E-state index is -0.523. The summed E-state index contributed by atoms with van der Waals surface area (Å²) in [6.45, 7) is 4.34. The topological polar surface area (TPSA) is 66.4 Å². The summed E-state index contributed by atoms with van der Waals surface area (Å²) in [4.78, 5) is 0. The zero-order valence-electron chi connectivity index (χ0n) is 16.1. The van der Waals surface area contributed by atoms with E-state index < -0.39 is 25.6 Å². The van der Waals surface area contributed by atoms with Crippen LogP contribution in [0.5, 0.6) is 0 Å². The van der Waals surface area contributed by atoms with Crippen LogP contribution >= 0.6 is 0 Å². The van der Waals surface area contributed by atoms with Gasteiger partial charge in [-0.3, -0.25) is 0 Å². The van der Waals surface area contributed by atoms with Crippen molar-refractivity contribution in [3.8, 4) is 0 Å². The predicted octanol–water partition coefficient (Wildman–Crippen LogP) is 1.84. The molecule has 2 aliphatic heterocycles. The van der Waals surface area contributed by atoms with Gasteiger partial charge in [0.25, 0.3) is 0 Å². The van der Waals surface area contributed by atoms with E-state index in [-0.39, 0.29) is 18.8 Å². The van der Waals surface area contributed by atoms with Gasteiger partial charge in [0.05, 0.1) is 25.9 Å². The van der Waals surface area contributed by atoms with Crippen molar-refractivity contribution < 1.29 is 28.6 Å². The van der Waals surface area contributed by atoms with Gasteiger partial charge in [-0.05, 0) is 5.46 Å². The Labute approximate surface area is 171 Å². The fraction of sp³-hybridized carbons (Fsp3) is 0.364. The van der Waals surface area contributed by atoms with Crippen molar-refractivity contribution in [2.75, 3.05) is 19.8 Å². The van der Waals surface area contributed by atoms with Crippen LogP contribution in [0.3, 0.4) is 0 Å². The molecule has 2 aromatic rings. The third kappa shape index (κ3) is 4.78. The number of hydrogen-bond donors (Lipinski definition) is 1. The molecule has 6 nitrogen and oxygen atoms in total. The summed E-state index contributed by atoms with van der Waals surface area (Å²) in [6, 6.07) is 19.4. The van der Waals surface area contributed by atoms with Crippen molar-refractivity contribution in [3.05, 3.63) is 78.9 Å². The quantitative estimate of drug-likeness (QED) is 0.594. The lowest BCUT2D eigenvalue weighted by atomic mass is 9.77. The second kappa shape index (κ2) is 9.67. The maximum Gasteiger partial charge on any atom is 0.494 e. The molecule has 0 radical (unpaired) electrons. The molecule has 2 aliphatic rings. The SMILES string of the molecule is C=C[C@H]1OB(c2ccccc2)OC[C@@H]1O[C@@H]1COC(c2ccccc2)O[C@H]1CO. The lowest BCUT2D eigenvalue weighted by Crippen LogP contribution is -2.55. The Hall–Kier alpha value is -2.00. The van der Waals surface area contributed by atoms with Gasteiger partial charge in [0.2, 0.25) is 0 Å². The first-order chi connectivity index (χ1) is 14.3. The lowest BCUT2D eigenvalue weighted by molar-refractivity contribution is -0.284. The summed E-state index contributed by atoms with van der Waals surface area (Å²) in [5, 5.41) is 9.83. The minimum Gasteiger partial charge on any atom is -0.404 e. The van der Waals surface area contributed by atoms with Crippen LogP contribution in [0.1, 0.15) is 11.9 Å². The second-order valence-electron chi connectivity index (χ2n) is 7.06. The second-order valence-corrected chi connectivity index (χ2v) is 7.06. The van der Waals surface area contributed by atoms with E-state index in [1.807, 2.05) is 60.7 Å². The van der Waals surface area contributed by atoms with Gasteiger partial charge in [0.15, 0.2) is 6.29 Å². The molecule has 1 unspecified atom stereocenters. The highest BCUT2D eigenvalue weighted by Crippen LogP contribution is 2.29. The van der Waals surface area contributed by atoms with Gasteiger partial charge in [-0.2, -0.15) is 0 Å².